The number of rotatable bonds is 7. The number of nitrogens with one attached hydrogen (secondary N) is 1. The van der Waals surface area contributed by atoms with E-state index in [4.69, 9.17) is 33.0 Å². The lowest BCUT2D eigenvalue weighted by Crippen LogP contribution is -2.54. The van der Waals surface area contributed by atoms with Crippen molar-refractivity contribution in [2.45, 2.75) is 26.4 Å². The first-order valence-electron chi connectivity index (χ1n) is 11.5. The summed E-state index contributed by atoms with van der Waals surface area (Å²) < 4.78 is 5.73. The summed E-state index contributed by atoms with van der Waals surface area (Å²) in [6.07, 6.45) is 1.30. The fourth-order valence-corrected chi connectivity index (χ4v) is 4.38. The van der Waals surface area contributed by atoms with Crippen molar-refractivity contribution in [1.29, 1.82) is 0 Å². The summed E-state index contributed by atoms with van der Waals surface area (Å²) in [7, 11) is 0. The van der Waals surface area contributed by atoms with E-state index in [9.17, 15) is 19.2 Å². The Balaban J connectivity index is 1.56. The third-order valence-corrected chi connectivity index (χ3v) is 6.40. The van der Waals surface area contributed by atoms with E-state index in [-0.39, 0.29) is 39.5 Å². The van der Waals surface area contributed by atoms with Crippen LogP contribution in [0.25, 0.3) is 6.08 Å². The van der Waals surface area contributed by atoms with Crippen LogP contribution in [0.15, 0.2) is 66.2 Å². The Morgan fingerprint density at radius 2 is 1.61 bits per heavy atom. The summed E-state index contributed by atoms with van der Waals surface area (Å²) in [4.78, 5) is 50.1. The molecule has 1 aliphatic rings. The summed E-state index contributed by atoms with van der Waals surface area (Å²) in [6, 6.07) is 15.2. The molecule has 3 aromatic rings. The normalized spacial score (nSPS) is 14.7. The molecule has 0 atom stereocenters. The molecule has 2 N–H and O–H groups in total. The van der Waals surface area contributed by atoms with Crippen LogP contribution in [-0.2, 0) is 16.2 Å². The standard InChI is InChI=1S/C28H22Cl2N2O6/c1-15(2)18-7-9-20(10-8-18)32-26(34)21(25(33)31-28(32)37)11-17-12-22(29)24(23(30)13-17)38-14-16-3-5-19(6-4-16)27(35)36/h3-13,15H,14H2,1-2H3,(H,35,36)(H,31,33,37)/b21-11-. The molecule has 0 aliphatic carbocycles. The van der Waals surface area contributed by atoms with E-state index in [0.29, 0.717) is 16.8 Å². The number of nitrogens with zero attached hydrogens (tertiary/aromatic N) is 1. The van der Waals surface area contributed by atoms with E-state index in [1.54, 1.807) is 24.3 Å². The van der Waals surface area contributed by atoms with Gasteiger partial charge in [-0.25, -0.2) is 14.5 Å². The van der Waals surface area contributed by atoms with Crippen LogP contribution in [0.5, 0.6) is 5.75 Å². The monoisotopic (exact) mass is 552 g/mol. The summed E-state index contributed by atoms with van der Waals surface area (Å²) in [6.45, 7) is 4.13. The van der Waals surface area contributed by atoms with Gasteiger partial charge in [0.2, 0.25) is 0 Å². The second-order valence-electron chi connectivity index (χ2n) is 8.81. The lowest BCUT2D eigenvalue weighted by atomic mass is 10.0. The Hall–Kier alpha value is -4.14. The molecular weight excluding hydrogens is 531 g/mol. The minimum absolute atomic E-state index is 0.0767. The first-order chi connectivity index (χ1) is 18.0. The number of carbonyl (C=O) groups excluding carboxylic acids is 3. The number of carboxylic acid groups (broad SMARTS) is 1. The van der Waals surface area contributed by atoms with Crippen LogP contribution >= 0.6 is 23.2 Å². The van der Waals surface area contributed by atoms with Gasteiger partial charge >= 0.3 is 12.0 Å². The van der Waals surface area contributed by atoms with Gasteiger partial charge in [0, 0.05) is 0 Å². The first-order valence-corrected chi connectivity index (χ1v) is 12.3. The maximum absolute atomic E-state index is 13.2. The molecule has 0 spiro atoms. The van der Waals surface area contributed by atoms with E-state index in [1.807, 2.05) is 26.0 Å². The van der Waals surface area contributed by atoms with E-state index < -0.39 is 23.8 Å². The first kappa shape index (κ1) is 26.9. The molecule has 1 saturated heterocycles. The number of halogens is 2. The molecule has 0 saturated carbocycles. The van der Waals surface area contributed by atoms with Gasteiger partial charge < -0.3 is 9.84 Å². The van der Waals surface area contributed by atoms with Crippen LogP contribution in [0.4, 0.5) is 10.5 Å². The molecule has 0 bridgehead atoms. The SMILES string of the molecule is CC(C)c1ccc(N2C(=O)NC(=O)/C(=C/c3cc(Cl)c(OCc4ccc(C(=O)O)cc4)c(Cl)c3)C2=O)cc1. The number of urea groups is 1. The smallest absolute Gasteiger partial charge is 0.335 e. The summed E-state index contributed by atoms with van der Waals surface area (Å²) in [5.41, 5.74) is 2.29. The molecule has 1 aliphatic heterocycles. The topological polar surface area (TPSA) is 113 Å². The second-order valence-corrected chi connectivity index (χ2v) is 9.62. The molecular formula is C28H22Cl2N2O6. The third-order valence-electron chi connectivity index (χ3n) is 5.84. The lowest BCUT2D eigenvalue weighted by molar-refractivity contribution is -0.122. The molecule has 1 heterocycles. The zero-order chi connectivity index (χ0) is 27.6. The Kier molecular flexibility index (Phi) is 7.85. The van der Waals surface area contributed by atoms with Gasteiger partial charge in [0.15, 0.2) is 5.75 Å². The number of carbonyl (C=O) groups is 4. The van der Waals surface area contributed by atoms with Crippen molar-refractivity contribution in [1.82, 2.24) is 5.32 Å². The number of benzene rings is 3. The Morgan fingerprint density at radius 1 is 1.00 bits per heavy atom. The number of imide groups is 2. The zero-order valence-corrected chi connectivity index (χ0v) is 21.8. The molecule has 4 amide bonds. The number of ether oxygens (including phenoxy) is 1. The van der Waals surface area contributed by atoms with Crippen LogP contribution in [-0.4, -0.2) is 28.9 Å². The van der Waals surface area contributed by atoms with E-state index in [2.05, 4.69) is 5.32 Å². The van der Waals surface area contributed by atoms with Crippen molar-refractivity contribution in [3.8, 4) is 5.75 Å². The summed E-state index contributed by atoms with van der Waals surface area (Å²) >= 11 is 12.8. The van der Waals surface area contributed by atoms with Gasteiger partial charge in [-0.3, -0.25) is 14.9 Å². The van der Waals surface area contributed by atoms with Gasteiger partial charge in [-0.15, -0.1) is 0 Å². The Bertz CT molecular complexity index is 1440. The number of barbiturate groups is 1. The number of carboxylic acids is 1. The van der Waals surface area contributed by atoms with Gasteiger partial charge in [-0.1, -0.05) is 61.3 Å². The number of anilines is 1. The van der Waals surface area contributed by atoms with Crippen molar-refractivity contribution in [2.24, 2.45) is 0 Å². The van der Waals surface area contributed by atoms with Crippen LogP contribution in [0, 0.1) is 0 Å². The van der Waals surface area contributed by atoms with Crippen LogP contribution in [0.2, 0.25) is 10.0 Å². The van der Waals surface area contributed by atoms with Gasteiger partial charge in [0.1, 0.15) is 12.2 Å². The Morgan fingerprint density at radius 3 is 2.16 bits per heavy atom. The fourth-order valence-electron chi connectivity index (χ4n) is 3.77. The highest BCUT2D eigenvalue weighted by atomic mass is 35.5. The minimum Gasteiger partial charge on any atom is -0.486 e. The van der Waals surface area contributed by atoms with Crippen molar-refractivity contribution in [3.05, 3.63) is 98.5 Å². The van der Waals surface area contributed by atoms with E-state index >= 15 is 0 Å². The third kappa shape index (κ3) is 5.72. The molecule has 3 aromatic carbocycles. The molecule has 0 aromatic heterocycles. The highest BCUT2D eigenvalue weighted by Crippen LogP contribution is 2.36. The van der Waals surface area contributed by atoms with Gasteiger partial charge in [0.25, 0.3) is 11.8 Å². The van der Waals surface area contributed by atoms with Crippen molar-refractivity contribution in [2.75, 3.05) is 4.90 Å². The van der Waals surface area contributed by atoms with Crippen molar-refractivity contribution >= 4 is 58.8 Å². The average molecular weight is 553 g/mol. The number of hydrogen-bond acceptors (Lipinski definition) is 5. The van der Waals surface area contributed by atoms with Crippen LogP contribution < -0.4 is 15.0 Å². The minimum atomic E-state index is -1.03. The molecule has 0 unspecified atom stereocenters. The number of hydrogen-bond donors (Lipinski definition) is 2. The Labute approximate surface area is 228 Å². The van der Waals surface area contributed by atoms with Crippen LogP contribution in [0.1, 0.15) is 46.8 Å². The second kappa shape index (κ2) is 11.1. The maximum atomic E-state index is 13.2. The maximum Gasteiger partial charge on any atom is 0.335 e. The van der Waals surface area contributed by atoms with E-state index in [1.165, 1.54) is 30.3 Å². The molecule has 8 nitrogen and oxygen atoms in total. The molecule has 38 heavy (non-hydrogen) atoms. The molecule has 4 rings (SSSR count). The zero-order valence-electron chi connectivity index (χ0n) is 20.3. The largest absolute Gasteiger partial charge is 0.486 e. The molecule has 194 valence electrons. The van der Waals surface area contributed by atoms with Crippen molar-refractivity contribution in [3.63, 3.8) is 0 Å². The van der Waals surface area contributed by atoms with Gasteiger partial charge in [0.05, 0.1) is 21.3 Å². The predicted octanol–water partition coefficient (Wildman–Crippen LogP) is 6.06. The number of amides is 4. The van der Waals surface area contributed by atoms with Gasteiger partial charge in [-0.05, 0) is 65.1 Å². The van der Waals surface area contributed by atoms with Crippen molar-refractivity contribution < 1.29 is 29.0 Å². The fraction of sp³-hybridized carbons (Fsp3) is 0.143. The van der Waals surface area contributed by atoms with E-state index in [0.717, 1.165) is 10.5 Å². The number of aromatic carboxylic acids is 1. The summed E-state index contributed by atoms with van der Waals surface area (Å²) in [5, 5.41) is 11.5. The van der Waals surface area contributed by atoms with Crippen LogP contribution in [0.3, 0.4) is 0 Å². The predicted molar refractivity (Wildman–Crippen MR) is 144 cm³/mol. The quantitative estimate of drug-likeness (QED) is 0.272. The average Bonchev–Trinajstić information content (AvgIpc) is 2.86. The lowest BCUT2D eigenvalue weighted by Gasteiger charge is -2.26. The van der Waals surface area contributed by atoms with Gasteiger partial charge in [-0.2, -0.15) is 0 Å². The molecule has 1 fully saturated rings. The molecule has 0 radical (unpaired) electrons. The highest BCUT2D eigenvalue weighted by molar-refractivity contribution is 6.40. The molecule has 10 heteroatoms. The highest BCUT2D eigenvalue weighted by Gasteiger charge is 2.36. The summed E-state index contributed by atoms with van der Waals surface area (Å²) in [5.74, 6) is -2.21.